The van der Waals surface area contributed by atoms with Gasteiger partial charge in [0, 0.05) is 13.1 Å². The minimum atomic E-state index is 0.973. The Morgan fingerprint density at radius 2 is 1.73 bits per heavy atom. The second-order valence-corrected chi connectivity index (χ2v) is 3.91. The zero-order chi connectivity index (χ0) is 10.1. The molecule has 1 fully saturated rings. The summed E-state index contributed by atoms with van der Waals surface area (Å²) in [5.41, 5.74) is 1.96. The van der Waals surface area contributed by atoms with Crippen molar-refractivity contribution < 1.29 is 0 Å². The van der Waals surface area contributed by atoms with Crippen LogP contribution in [0.4, 0.5) is 5.82 Å². The summed E-state index contributed by atoms with van der Waals surface area (Å²) in [6.07, 6.45) is 4.43. The quantitative estimate of drug-likeness (QED) is 0.705. The molecule has 1 aromatic carbocycles. The van der Waals surface area contributed by atoms with Crippen molar-refractivity contribution in [3.8, 4) is 0 Å². The van der Waals surface area contributed by atoms with E-state index in [-0.39, 0.29) is 0 Å². The maximum Gasteiger partial charge on any atom is 0.147 e. The van der Waals surface area contributed by atoms with E-state index in [0.717, 1.165) is 29.9 Å². The number of hydrogen-bond donors (Lipinski definition) is 0. The largest absolute Gasteiger partial charge is 0.355 e. The van der Waals surface area contributed by atoms with Gasteiger partial charge in [-0.1, -0.05) is 12.1 Å². The molecule has 3 rings (SSSR count). The summed E-state index contributed by atoms with van der Waals surface area (Å²) in [5, 5.41) is 0. The monoisotopic (exact) mass is 199 g/mol. The second-order valence-electron chi connectivity index (χ2n) is 3.91. The molecule has 0 aliphatic carbocycles. The molecular weight excluding hydrogens is 186 g/mol. The molecule has 1 aromatic heterocycles. The Kier molecular flexibility index (Phi) is 2.02. The first-order chi connectivity index (χ1) is 7.43. The van der Waals surface area contributed by atoms with Gasteiger partial charge in [0.05, 0.1) is 17.2 Å². The summed E-state index contributed by atoms with van der Waals surface area (Å²) < 4.78 is 0. The van der Waals surface area contributed by atoms with E-state index in [1.807, 2.05) is 30.5 Å². The third kappa shape index (κ3) is 1.54. The first kappa shape index (κ1) is 8.65. The molecule has 1 saturated heterocycles. The van der Waals surface area contributed by atoms with Gasteiger partial charge in [0.2, 0.25) is 0 Å². The molecule has 0 radical (unpaired) electrons. The number of nitrogens with zero attached hydrogens (tertiary/aromatic N) is 3. The first-order valence-corrected chi connectivity index (χ1v) is 5.40. The van der Waals surface area contributed by atoms with E-state index in [1.54, 1.807) is 0 Å². The maximum atomic E-state index is 4.62. The maximum absolute atomic E-state index is 4.62. The lowest BCUT2D eigenvalue weighted by atomic mass is 10.3. The second kappa shape index (κ2) is 3.50. The Morgan fingerprint density at radius 3 is 2.53 bits per heavy atom. The molecule has 0 unspecified atom stereocenters. The van der Waals surface area contributed by atoms with Gasteiger partial charge in [-0.2, -0.15) is 0 Å². The van der Waals surface area contributed by atoms with E-state index in [2.05, 4.69) is 14.9 Å². The van der Waals surface area contributed by atoms with Crippen LogP contribution < -0.4 is 4.90 Å². The lowest BCUT2D eigenvalue weighted by Crippen LogP contribution is -2.19. The highest BCUT2D eigenvalue weighted by molar-refractivity contribution is 5.75. The van der Waals surface area contributed by atoms with Gasteiger partial charge < -0.3 is 4.90 Å². The van der Waals surface area contributed by atoms with Gasteiger partial charge in [-0.25, -0.2) is 4.98 Å². The van der Waals surface area contributed by atoms with Crippen LogP contribution in [0.2, 0.25) is 0 Å². The van der Waals surface area contributed by atoms with Crippen molar-refractivity contribution in [2.75, 3.05) is 18.0 Å². The average Bonchev–Trinajstić information content (AvgIpc) is 2.82. The molecule has 2 heterocycles. The van der Waals surface area contributed by atoms with Gasteiger partial charge in [0.1, 0.15) is 5.82 Å². The number of para-hydroxylation sites is 2. The molecule has 0 spiro atoms. The number of aromatic nitrogens is 2. The Morgan fingerprint density at radius 1 is 1.00 bits per heavy atom. The van der Waals surface area contributed by atoms with Crippen LogP contribution in [0, 0.1) is 0 Å². The third-order valence-corrected chi connectivity index (χ3v) is 2.87. The normalized spacial score (nSPS) is 16.1. The van der Waals surface area contributed by atoms with Crippen LogP contribution in [0.15, 0.2) is 30.5 Å². The van der Waals surface area contributed by atoms with Gasteiger partial charge in [0.25, 0.3) is 0 Å². The molecule has 0 amide bonds. The minimum absolute atomic E-state index is 0.973. The van der Waals surface area contributed by atoms with Gasteiger partial charge in [-0.3, -0.25) is 4.98 Å². The summed E-state index contributed by atoms with van der Waals surface area (Å²) in [5.74, 6) is 1.02. The van der Waals surface area contributed by atoms with Crippen LogP contribution >= 0.6 is 0 Å². The third-order valence-electron chi connectivity index (χ3n) is 2.87. The summed E-state index contributed by atoms with van der Waals surface area (Å²) >= 11 is 0. The molecule has 0 saturated carbocycles. The molecule has 76 valence electrons. The standard InChI is InChI=1S/C12H13N3/c1-2-6-11-10(5-1)13-9-12(14-11)15-7-3-4-8-15/h1-2,5-6,9H,3-4,7-8H2. The fraction of sp³-hybridized carbons (Fsp3) is 0.333. The number of benzene rings is 1. The van der Waals surface area contributed by atoms with Crippen LogP contribution in [0.5, 0.6) is 0 Å². The predicted molar refractivity (Wildman–Crippen MR) is 61.0 cm³/mol. The van der Waals surface area contributed by atoms with E-state index in [1.165, 1.54) is 12.8 Å². The summed E-state index contributed by atoms with van der Waals surface area (Å²) in [6, 6.07) is 8.01. The highest BCUT2D eigenvalue weighted by Crippen LogP contribution is 2.19. The molecule has 3 nitrogen and oxygen atoms in total. The van der Waals surface area contributed by atoms with Crippen molar-refractivity contribution in [2.45, 2.75) is 12.8 Å². The predicted octanol–water partition coefficient (Wildman–Crippen LogP) is 2.23. The minimum Gasteiger partial charge on any atom is -0.355 e. The molecule has 2 aromatic rings. The number of hydrogen-bond acceptors (Lipinski definition) is 3. The molecule has 0 atom stereocenters. The van der Waals surface area contributed by atoms with Crippen molar-refractivity contribution >= 4 is 16.9 Å². The Hall–Kier alpha value is -1.64. The number of rotatable bonds is 1. The topological polar surface area (TPSA) is 29.0 Å². The molecule has 1 aliphatic rings. The van der Waals surface area contributed by atoms with Crippen LogP contribution in [-0.2, 0) is 0 Å². The van der Waals surface area contributed by atoms with Crippen LogP contribution in [0.1, 0.15) is 12.8 Å². The molecule has 0 bridgehead atoms. The van der Waals surface area contributed by atoms with Crippen LogP contribution in [0.3, 0.4) is 0 Å². The van der Waals surface area contributed by atoms with Crippen LogP contribution in [0.25, 0.3) is 11.0 Å². The van der Waals surface area contributed by atoms with Gasteiger partial charge in [-0.15, -0.1) is 0 Å². The fourth-order valence-electron chi connectivity index (χ4n) is 2.05. The smallest absolute Gasteiger partial charge is 0.147 e. The Balaban J connectivity index is 2.05. The zero-order valence-electron chi connectivity index (χ0n) is 8.56. The number of fused-ring (bicyclic) bond motifs is 1. The highest BCUT2D eigenvalue weighted by Gasteiger charge is 2.13. The molecule has 3 heteroatoms. The SMILES string of the molecule is c1ccc2nc(N3CCCC3)cnc2c1. The Labute approximate surface area is 88.8 Å². The van der Waals surface area contributed by atoms with Crippen molar-refractivity contribution in [3.63, 3.8) is 0 Å². The van der Waals surface area contributed by atoms with Gasteiger partial charge >= 0.3 is 0 Å². The van der Waals surface area contributed by atoms with Crippen LogP contribution in [-0.4, -0.2) is 23.1 Å². The van der Waals surface area contributed by atoms with Gasteiger partial charge in [-0.05, 0) is 25.0 Å². The van der Waals surface area contributed by atoms with Crippen molar-refractivity contribution in [3.05, 3.63) is 30.5 Å². The van der Waals surface area contributed by atoms with E-state index < -0.39 is 0 Å². The van der Waals surface area contributed by atoms with Gasteiger partial charge in [0.15, 0.2) is 0 Å². The lowest BCUT2D eigenvalue weighted by molar-refractivity contribution is 0.936. The molecule has 15 heavy (non-hydrogen) atoms. The first-order valence-electron chi connectivity index (χ1n) is 5.40. The summed E-state index contributed by atoms with van der Waals surface area (Å²) in [4.78, 5) is 11.3. The van der Waals surface area contributed by atoms with Crippen molar-refractivity contribution in [1.29, 1.82) is 0 Å². The number of anilines is 1. The van der Waals surface area contributed by atoms with E-state index in [4.69, 9.17) is 0 Å². The molecular formula is C12H13N3. The fourth-order valence-corrected chi connectivity index (χ4v) is 2.05. The molecule has 1 aliphatic heterocycles. The van der Waals surface area contributed by atoms with Crippen molar-refractivity contribution in [2.24, 2.45) is 0 Å². The molecule has 0 N–H and O–H groups in total. The van der Waals surface area contributed by atoms with E-state index >= 15 is 0 Å². The van der Waals surface area contributed by atoms with E-state index in [0.29, 0.717) is 0 Å². The summed E-state index contributed by atoms with van der Waals surface area (Å²) in [7, 11) is 0. The lowest BCUT2D eigenvalue weighted by Gasteiger charge is -2.15. The highest BCUT2D eigenvalue weighted by atomic mass is 15.2. The Bertz CT molecular complexity index is 475. The summed E-state index contributed by atoms with van der Waals surface area (Å²) in [6.45, 7) is 2.24. The van der Waals surface area contributed by atoms with E-state index in [9.17, 15) is 0 Å². The zero-order valence-corrected chi connectivity index (χ0v) is 8.56. The van der Waals surface area contributed by atoms with Crippen molar-refractivity contribution in [1.82, 2.24) is 9.97 Å². The average molecular weight is 199 g/mol.